The number of rotatable bonds is 4. The molecule has 0 aliphatic carbocycles. The van der Waals surface area contributed by atoms with Crippen LogP contribution in [-0.2, 0) is 4.74 Å². The molecule has 3 heterocycles. The van der Waals surface area contributed by atoms with Crippen LogP contribution in [0, 0.1) is 0 Å². The van der Waals surface area contributed by atoms with Gasteiger partial charge in [0.1, 0.15) is 5.82 Å². The van der Waals surface area contributed by atoms with Crippen LogP contribution >= 0.6 is 11.6 Å². The van der Waals surface area contributed by atoms with Crippen molar-refractivity contribution >= 4 is 35.3 Å². The van der Waals surface area contributed by atoms with Gasteiger partial charge in [-0.2, -0.15) is 9.78 Å². The minimum atomic E-state index is -0.556. The summed E-state index contributed by atoms with van der Waals surface area (Å²) in [4.78, 5) is 43.2. The van der Waals surface area contributed by atoms with Crippen molar-refractivity contribution in [1.82, 2.24) is 19.6 Å². The molecule has 1 aromatic heterocycles. The first kappa shape index (κ1) is 23.1. The summed E-state index contributed by atoms with van der Waals surface area (Å²) in [6.45, 7) is 4.91. The van der Waals surface area contributed by atoms with Gasteiger partial charge >= 0.3 is 6.03 Å². The molecule has 0 spiro atoms. The lowest BCUT2D eigenvalue weighted by molar-refractivity contribution is 0.0559. The summed E-state index contributed by atoms with van der Waals surface area (Å²) < 4.78 is 6.72. The maximum absolute atomic E-state index is 13.4. The zero-order valence-corrected chi connectivity index (χ0v) is 19.2. The van der Waals surface area contributed by atoms with E-state index in [0.717, 1.165) is 5.56 Å². The van der Waals surface area contributed by atoms with Crippen LogP contribution in [0.3, 0.4) is 0 Å². The summed E-state index contributed by atoms with van der Waals surface area (Å²) in [6, 6.07) is 7.83. The topological polar surface area (TPSA) is 114 Å². The van der Waals surface area contributed by atoms with E-state index in [1.54, 1.807) is 36.1 Å². The lowest BCUT2D eigenvalue weighted by atomic mass is 10.0. The van der Waals surface area contributed by atoms with Gasteiger partial charge in [0, 0.05) is 50.2 Å². The first-order valence-electron chi connectivity index (χ1n) is 11.0. The summed E-state index contributed by atoms with van der Waals surface area (Å²) >= 11 is 6.15. The first-order chi connectivity index (χ1) is 15.9. The van der Waals surface area contributed by atoms with E-state index >= 15 is 0 Å². The fraction of sp³-hybridized carbons (Fsp3) is 0.455. The number of carbonyl (C=O) groups excluding carboxylic acids is 3. The molecular weight excluding hydrogens is 448 g/mol. The summed E-state index contributed by atoms with van der Waals surface area (Å²) in [5.74, 6) is 0.102. The van der Waals surface area contributed by atoms with Crippen LogP contribution in [0.4, 0.5) is 10.6 Å². The number of primary amides is 1. The van der Waals surface area contributed by atoms with Crippen molar-refractivity contribution in [1.29, 1.82) is 0 Å². The second-order valence-corrected chi connectivity index (χ2v) is 8.44. The van der Waals surface area contributed by atoms with Crippen LogP contribution in [0.25, 0.3) is 0 Å². The molecular formula is C22H27ClN6O4. The fourth-order valence-corrected chi connectivity index (χ4v) is 4.42. The molecule has 4 rings (SSSR count). The van der Waals surface area contributed by atoms with Crippen molar-refractivity contribution in [2.24, 2.45) is 5.73 Å². The molecule has 176 valence electrons. The van der Waals surface area contributed by atoms with Crippen molar-refractivity contribution in [2.75, 3.05) is 50.8 Å². The SMILES string of the molecule is CCC(=O)n1nc(C(=O)N2CCN(C(N)=O)C(c3cccc(Cl)c3)C2)cc1N1CCOCC1. The zero-order chi connectivity index (χ0) is 23.5. The van der Waals surface area contributed by atoms with Gasteiger partial charge < -0.3 is 25.2 Å². The normalized spacial score (nSPS) is 19.0. The number of ether oxygens (including phenoxy) is 1. The number of nitrogens with zero attached hydrogens (tertiary/aromatic N) is 5. The fourth-order valence-electron chi connectivity index (χ4n) is 4.22. The number of benzene rings is 1. The third kappa shape index (κ3) is 4.81. The second-order valence-electron chi connectivity index (χ2n) is 8.00. The molecule has 2 aromatic rings. The zero-order valence-electron chi connectivity index (χ0n) is 18.4. The van der Waals surface area contributed by atoms with E-state index in [1.807, 2.05) is 11.0 Å². The highest BCUT2D eigenvalue weighted by atomic mass is 35.5. The van der Waals surface area contributed by atoms with Gasteiger partial charge in [0.15, 0.2) is 5.69 Å². The molecule has 2 N–H and O–H groups in total. The molecule has 0 bridgehead atoms. The molecule has 10 nitrogen and oxygen atoms in total. The number of hydrogen-bond donors (Lipinski definition) is 1. The first-order valence-corrected chi connectivity index (χ1v) is 11.3. The molecule has 11 heteroatoms. The van der Waals surface area contributed by atoms with Gasteiger partial charge in [-0.1, -0.05) is 30.7 Å². The Morgan fingerprint density at radius 3 is 2.58 bits per heavy atom. The lowest BCUT2D eigenvalue weighted by Gasteiger charge is -2.40. The van der Waals surface area contributed by atoms with E-state index in [-0.39, 0.29) is 37.0 Å². The number of morpholine rings is 1. The largest absolute Gasteiger partial charge is 0.378 e. The highest BCUT2D eigenvalue weighted by molar-refractivity contribution is 6.30. The molecule has 33 heavy (non-hydrogen) atoms. The number of halogens is 1. The minimum Gasteiger partial charge on any atom is -0.378 e. The monoisotopic (exact) mass is 474 g/mol. The smallest absolute Gasteiger partial charge is 0.315 e. The Morgan fingerprint density at radius 2 is 1.91 bits per heavy atom. The predicted octanol–water partition coefficient (Wildman–Crippen LogP) is 2.00. The highest BCUT2D eigenvalue weighted by Crippen LogP contribution is 2.28. The number of nitrogens with two attached hydrogens (primary N) is 1. The Morgan fingerprint density at radius 1 is 1.15 bits per heavy atom. The highest BCUT2D eigenvalue weighted by Gasteiger charge is 2.34. The van der Waals surface area contributed by atoms with E-state index in [9.17, 15) is 14.4 Å². The van der Waals surface area contributed by atoms with E-state index in [4.69, 9.17) is 22.1 Å². The van der Waals surface area contributed by atoms with Gasteiger partial charge in [0.2, 0.25) is 5.91 Å². The van der Waals surface area contributed by atoms with Gasteiger partial charge in [-0.15, -0.1) is 0 Å². The van der Waals surface area contributed by atoms with Crippen molar-refractivity contribution < 1.29 is 19.1 Å². The van der Waals surface area contributed by atoms with E-state index in [0.29, 0.717) is 43.7 Å². The molecule has 3 amide bonds. The molecule has 2 saturated heterocycles. The van der Waals surface area contributed by atoms with Crippen LogP contribution in [0.1, 0.15) is 40.2 Å². The van der Waals surface area contributed by atoms with E-state index in [2.05, 4.69) is 5.10 Å². The quantitative estimate of drug-likeness (QED) is 0.725. The van der Waals surface area contributed by atoms with Gasteiger partial charge in [0.25, 0.3) is 5.91 Å². The number of urea groups is 1. The van der Waals surface area contributed by atoms with Crippen LogP contribution in [-0.4, -0.2) is 83.4 Å². The lowest BCUT2D eigenvalue weighted by Crippen LogP contribution is -2.53. The number of piperazine rings is 1. The molecule has 2 aliphatic rings. The number of aromatic nitrogens is 2. The van der Waals surface area contributed by atoms with Crippen LogP contribution in [0.2, 0.25) is 5.02 Å². The molecule has 1 aromatic carbocycles. The molecule has 0 saturated carbocycles. The number of carbonyl (C=O) groups is 3. The van der Waals surface area contributed by atoms with Crippen molar-refractivity contribution in [3.63, 3.8) is 0 Å². The number of anilines is 1. The van der Waals surface area contributed by atoms with Crippen LogP contribution in [0.15, 0.2) is 30.3 Å². The van der Waals surface area contributed by atoms with Crippen LogP contribution < -0.4 is 10.6 Å². The third-order valence-electron chi connectivity index (χ3n) is 5.97. The Bertz CT molecular complexity index is 1050. The van der Waals surface area contributed by atoms with Gasteiger partial charge in [0.05, 0.1) is 19.3 Å². The number of hydrogen-bond acceptors (Lipinski definition) is 6. The summed E-state index contributed by atoms with van der Waals surface area (Å²) in [6.07, 6.45) is 0.265. The van der Waals surface area contributed by atoms with Crippen molar-refractivity contribution in [3.05, 3.63) is 46.6 Å². The van der Waals surface area contributed by atoms with Crippen molar-refractivity contribution in [2.45, 2.75) is 19.4 Å². The Labute approximate surface area is 196 Å². The molecule has 0 radical (unpaired) electrons. The Kier molecular flexibility index (Phi) is 6.85. The molecule has 2 fully saturated rings. The average Bonchev–Trinajstić information content (AvgIpc) is 3.29. The standard InChI is InChI=1S/C22H27ClN6O4/c1-2-20(30)29-19(26-8-10-33-11-9-26)13-17(25-29)21(31)27-6-7-28(22(24)32)18(14-27)15-4-3-5-16(23)12-15/h3-5,12-13,18H,2,6-11,14H2,1H3,(H2,24,32). The minimum absolute atomic E-state index is 0.189. The molecule has 1 unspecified atom stereocenters. The maximum Gasteiger partial charge on any atom is 0.315 e. The van der Waals surface area contributed by atoms with E-state index in [1.165, 1.54) is 9.58 Å². The average molecular weight is 475 g/mol. The summed E-state index contributed by atoms with van der Waals surface area (Å²) in [7, 11) is 0. The summed E-state index contributed by atoms with van der Waals surface area (Å²) in [5, 5.41) is 4.90. The molecule has 2 aliphatic heterocycles. The number of amides is 3. The molecule has 1 atom stereocenters. The van der Waals surface area contributed by atoms with Crippen LogP contribution in [0.5, 0.6) is 0 Å². The Hall–Kier alpha value is -3.11. The Balaban J connectivity index is 1.61. The van der Waals surface area contributed by atoms with Crippen molar-refractivity contribution in [3.8, 4) is 0 Å². The van der Waals surface area contributed by atoms with Gasteiger partial charge in [-0.3, -0.25) is 9.59 Å². The second kappa shape index (κ2) is 9.80. The van der Waals surface area contributed by atoms with E-state index < -0.39 is 12.1 Å². The van der Waals surface area contributed by atoms with Gasteiger partial charge in [-0.05, 0) is 17.7 Å². The van der Waals surface area contributed by atoms with Gasteiger partial charge in [-0.25, -0.2) is 4.79 Å². The maximum atomic E-state index is 13.4. The predicted molar refractivity (Wildman–Crippen MR) is 123 cm³/mol. The summed E-state index contributed by atoms with van der Waals surface area (Å²) in [5.41, 5.74) is 6.58. The third-order valence-corrected chi connectivity index (χ3v) is 6.20.